The molecule has 0 bridgehead atoms. The highest BCUT2D eigenvalue weighted by Gasteiger charge is 2.31. The molecule has 7 heteroatoms. The minimum atomic E-state index is -0.189. The molecule has 20 heavy (non-hydrogen) atoms. The zero-order valence-corrected chi connectivity index (χ0v) is 11.2. The number of nitrogens with one attached hydrogen (secondary N) is 2. The van der Waals surface area contributed by atoms with Gasteiger partial charge in [-0.25, -0.2) is 4.79 Å². The van der Waals surface area contributed by atoms with Crippen LogP contribution in [0.25, 0.3) is 0 Å². The Morgan fingerprint density at radius 2 is 2.20 bits per heavy atom. The topological polar surface area (TPSA) is 87.5 Å². The van der Waals surface area contributed by atoms with Crippen LogP contribution in [0.3, 0.4) is 0 Å². The fraction of sp³-hybridized carbons (Fsp3) is 0.615. The van der Waals surface area contributed by atoms with Crippen LogP contribution in [0.1, 0.15) is 25.7 Å². The monoisotopic (exact) mass is 278 g/mol. The van der Waals surface area contributed by atoms with Crippen molar-refractivity contribution < 1.29 is 14.1 Å². The van der Waals surface area contributed by atoms with Gasteiger partial charge in [0.2, 0.25) is 5.91 Å². The number of carbonyl (C=O) groups excluding carboxylic acids is 2. The van der Waals surface area contributed by atoms with Gasteiger partial charge in [-0.05, 0) is 25.7 Å². The lowest BCUT2D eigenvalue weighted by atomic mass is 9.97. The molecule has 3 rings (SSSR count). The lowest BCUT2D eigenvalue weighted by Gasteiger charge is -2.31. The number of urea groups is 1. The Hall–Kier alpha value is -2.05. The summed E-state index contributed by atoms with van der Waals surface area (Å²) in [6, 6.07) is 1.89. The van der Waals surface area contributed by atoms with Crippen LogP contribution in [0.5, 0.6) is 0 Å². The Labute approximate surface area is 116 Å². The van der Waals surface area contributed by atoms with E-state index in [4.69, 9.17) is 0 Å². The van der Waals surface area contributed by atoms with Crippen LogP contribution in [0.2, 0.25) is 0 Å². The number of likely N-dealkylation sites (tertiary alicyclic amines) is 1. The van der Waals surface area contributed by atoms with Gasteiger partial charge >= 0.3 is 6.03 Å². The van der Waals surface area contributed by atoms with E-state index in [1.54, 1.807) is 11.0 Å². The van der Waals surface area contributed by atoms with Gasteiger partial charge in [0.25, 0.3) is 0 Å². The molecule has 1 atom stereocenters. The highest BCUT2D eigenvalue weighted by molar-refractivity contribution is 5.92. The number of anilines is 1. The predicted molar refractivity (Wildman–Crippen MR) is 71.0 cm³/mol. The van der Waals surface area contributed by atoms with Crippen LogP contribution in [-0.2, 0) is 4.79 Å². The molecule has 2 aliphatic rings. The molecule has 1 aromatic heterocycles. The molecule has 1 saturated carbocycles. The molecule has 1 aliphatic heterocycles. The summed E-state index contributed by atoms with van der Waals surface area (Å²) in [5.74, 6) is 0.114. The second-order valence-corrected chi connectivity index (χ2v) is 5.38. The SMILES string of the molecule is O=C(Nc1ccon1)C1CCCN(C(=O)NC2CC2)C1. The minimum Gasteiger partial charge on any atom is -0.363 e. The van der Waals surface area contributed by atoms with Crippen molar-refractivity contribution in [3.63, 3.8) is 0 Å². The molecule has 2 fully saturated rings. The summed E-state index contributed by atoms with van der Waals surface area (Å²) in [5.41, 5.74) is 0. The number of rotatable bonds is 3. The van der Waals surface area contributed by atoms with E-state index in [1.165, 1.54) is 6.26 Å². The van der Waals surface area contributed by atoms with Gasteiger partial charge in [-0.2, -0.15) is 0 Å². The largest absolute Gasteiger partial charge is 0.363 e. The minimum absolute atomic E-state index is 0.0496. The molecule has 1 aromatic rings. The number of piperidine rings is 1. The molecule has 108 valence electrons. The van der Waals surface area contributed by atoms with Gasteiger partial charge in [0, 0.05) is 25.2 Å². The number of hydrogen-bond acceptors (Lipinski definition) is 4. The highest BCUT2D eigenvalue weighted by Crippen LogP contribution is 2.21. The van der Waals surface area contributed by atoms with Crippen molar-refractivity contribution in [3.8, 4) is 0 Å². The summed E-state index contributed by atoms with van der Waals surface area (Å²) in [6.45, 7) is 1.18. The van der Waals surface area contributed by atoms with E-state index >= 15 is 0 Å². The summed E-state index contributed by atoms with van der Waals surface area (Å²) < 4.78 is 4.67. The van der Waals surface area contributed by atoms with Gasteiger partial charge in [0.05, 0.1) is 5.92 Å². The Bertz CT molecular complexity index is 484. The molecule has 0 spiro atoms. The molecule has 0 aromatic carbocycles. The van der Waals surface area contributed by atoms with Crippen molar-refractivity contribution in [1.29, 1.82) is 0 Å². The summed E-state index contributed by atoms with van der Waals surface area (Å²) >= 11 is 0. The van der Waals surface area contributed by atoms with Crippen molar-refractivity contribution in [3.05, 3.63) is 12.3 Å². The van der Waals surface area contributed by atoms with Crippen molar-refractivity contribution in [2.24, 2.45) is 5.92 Å². The summed E-state index contributed by atoms with van der Waals surface area (Å²) in [7, 11) is 0. The first-order chi connectivity index (χ1) is 9.72. The van der Waals surface area contributed by atoms with E-state index in [0.717, 1.165) is 25.7 Å². The average Bonchev–Trinajstić information content (AvgIpc) is 3.12. The fourth-order valence-electron chi connectivity index (χ4n) is 2.37. The van der Waals surface area contributed by atoms with Gasteiger partial charge in [-0.15, -0.1) is 0 Å². The van der Waals surface area contributed by atoms with Crippen LogP contribution in [0, 0.1) is 5.92 Å². The lowest BCUT2D eigenvalue weighted by molar-refractivity contribution is -0.121. The van der Waals surface area contributed by atoms with Crippen molar-refractivity contribution in [2.45, 2.75) is 31.7 Å². The lowest BCUT2D eigenvalue weighted by Crippen LogP contribution is -2.48. The molecule has 1 aliphatic carbocycles. The number of hydrogen-bond donors (Lipinski definition) is 2. The van der Waals surface area contributed by atoms with E-state index < -0.39 is 0 Å². The average molecular weight is 278 g/mol. The molecule has 2 heterocycles. The van der Waals surface area contributed by atoms with Gasteiger partial charge in [0.1, 0.15) is 6.26 Å². The molecular weight excluding hydrogens is 260 g/mol. The van der Waals surface area contributed by atoms with E-state index in [1.807, 2.05) is 0 Å². The van der Waals surface area contributed by atoms with Crippen LogP contribution in [0.4, 0.5) is 10.6 Å². The Morgan fingerprint density at radius 1 is 1.35 bits per heavy atom. The first kappa shape index (κ1) is 13.0. The third-order valence-corrected chi connectivity index (χ3v) is 3.67. The Kier molecular flexibility index (Phi) is 3.58. The molecule has 7 nitrogen and oxygen atoms in total. The summed E-state index contributed by atoms with van der Waals surface area (Å²) in [5, 5.41) is 9.31. The Morgan fingerprint density at radius 3 is 2.90 bits per heavy atom. The summed E-state index contributed by atoms with van der Waals surface area (Å²) in [6.07, 6.45) is 5.17. The maximum absolute atomic E-state index is 12.1. The van der Waals surface area contributed by atoms with Crippen molar-refractivity contribution >= 4 is 17.8 Å². The van der Waals surface area contributed by atoms with Crippen LogP contribution < -0.4 is 10.6 Å². The highest BCUT2D eigenvalue weighted by atomic mass is 16.5. The van der Waals surface area contributed by atoms with Gasteiger partial charge in [0.15, 0.2) is 5.82 Å². The van der Waals surface area contributed by atoms with E-state index in [2.05, 4.69) is 20.3 Å². The van der Waals surface area contributed by atoms with Gasteiger partial charge < -0.3 is 20.1 Å². The smallest absolute Gasteiger partial charge is 0.317 e. The second kappa shape index (κ2) is 5.52. The van der Waals surface area contributed by atoms with E-state index in [0.29, 0.717) is 24.9 Å². The van der Waals surface area contributed by atoms with Crippen LogP contribution >= 0.6 is 0 Å². The third-order valence-electron chi connectivity index (χ3n) is 3.67. The van der Waals surface area contributed by atoms with Crippen molar-refractivity contribution in [2.75, 3.05) is 18.4 Å². The zero-order chi connectivity index (χ0) is 13.9. The molecule has 1 unspecified atom stereocenters. The number of amides is 3. The maximum Gasteiger partial charge on any atom is 0.317 e. The number of nitrogens with zero attached hydrogens (tertiary/aromatic N) is 2. The zero-order valence-electron chi connectivity index (χ0n) is 11.2. The maximum atomic E-state index is 12.1. The Balaban J connectivity index is 1.53. The first-order valence-electron chi connectivity index (χ1n) is 6.99. The predicted octanol–water partition coefficient (Wildman–Crippen LogP) is 1.20. The molecule has 1 saturated heterocycles. The summed E-state index contributed by atoms with van der Waals surface area (Å²) in [4.78, 5) is 25.8. The van der Waals surface area contributed by atoms with Crippen LogP contribution in [0.15, 0.2) is 16.9 Å². The van der Waals surface area contributed by atoms with Gasteiger partial charge in [-0.3, -0.25) is 4.79 Å². The quantitative estimate of drug-likeness (QED) is 0.869. The van der Waals surface area contributed by atoms with Gasteiger partial charge in [-0.1, -0.05) is 5.16 Å². The second-order valence-electron chi connectivity index (χ2n) is 5.38. The molecule has 3 amide bonds. The number of carbonyl (C=O) groups is 2. The number of aromatic nitrogens is 1. The van der Waals surface area contributed by atoms with Crippen molar-refractivity contribution in [1.82, 2.24) is 15.4 Å². The molecular formula is C13H18N4O3. The fourth-order valence-corrected chi connectivity index (χ4v) is 2.37. The molecule has 0 radical (unpaired) electrons. The van der Waals surface area contributed by atoms with E-state index in [-0.39, 0.29) is 17.9 Å². The standard InChI is InChI=1S/C13H18N4O3/c18-12(15-11-5-7-20-16-11)9-2-1-6-17(8-9)13(19)14-10-3-4-10/h5,7,9-10H,1-4,6,8H2,(H,14,19)(H,15,16,18). The van der Waals surface area contributed by atoms with E-state index in [9.17, 15) is 9.59 Å². The normalized spacial score (nSPS) is 22.4. The molecule has 2 N–H and O–H groups in total. The third kappa shape index (κ3) is 3.09. The first-order valence-corrected chi connectivity index (χ1v) is 6.99. The van der Waals surface area contributed by atoms with Crippen LogP contribution in [-0.4, -0.2) is 41.1 Å².